The van der Waals surface area contributed by atoms with Crippen LogP contribution < -0.4 is 10.1 Å². The van der Waals surface area contributed by atoms with Crippen LogP contribution in [0, 0.1) is 24.0 Å². The van der Waals surface area contributed by atoms with Gasteiger partial charge < -0.3 is 10.1 Å². The first kappa shape index (κ1) is 17.7. The summed E-state index contributed by atoms with van der Waals surface area (Å²) in [5.74, 6) is -0.0962. The molecule has 0 bridgehead atoms. The van der Waals surface area contributed by atoms with Crippen molar-refractivity contribution in [2.75, 3.05) is 12.4 Å². The summed E-state index contributed by atoms with van der Waals surface area (Å²) in [5, 5.41) is 18.3. The maximum atomic E-state index is 12.4. The van der Waals surface area contributed by atoms with E-state index in [2.05, 4.69) is 10.4 Å². The number of non-ortho nitro benzene ring substituents is 1. The molecule has 1 unspecified atom stereocenters. The third kappa shape index (κ3) is 3.48. The fraction of sp³-hybridized carbons (Fsp3) is 0.333. The number of aryl methyl sites for hydroxylation is 1. The minimum Gasteiger partial charge on any atom is -0.496 e. The van der Waals surface area contributed by atoms with E-state index in [1.54, 1.807) is 20.8 Å². The molecule has 0 spiro atoms. The Morgan fingerprint density at radius 1 is 1.42 bits per heavy atom. The maximum Gasteiger partial charge on any atom is 0.275 e. The lowest BCUT2D eigenvalue weighted by molar-refractivity contribution is -0.384. The molecule has 0 aliphatic carbocycles. The fourth-order valence-corrected chi connectivity index (χ4v) is 2.38. The summed E-state index contributed by atoms with van der Waals surface area (Å²) in [6, 6.07) is 3.41. The molecule has 2 rings (SSSR count). The molecule has 1 amide bonds. The van der Waals surface area contributed by atoms with Crippen LogP contribution in [0.1, 0.15) is 24.4 Å². The van der Waals surface area contributed by atoms with Crippen LogP contribution in [0.3, 0.4) is 0 Å². The molecule has 0 aliphatic rings. The van der Waals surface area contributed by atoms with Crippen molar-refractivity contribution in [3.63, 3.8) is 0 Å². The number of ether oxygens (including phenoxy) is 1. The van der Waals surface area contributed by atoms with Crippen LogP contribution in [0.25, 0.3) is 0 Å². The average molecular weight is 353 g/mol. The summed E-state index contributed by atoms with van der Waals surface area (Å²) >= 11 is 6.10. The molecule has 128 valence electrons. The number of carbonyl (C=O) groups is 1. The first-order chi connectivity index (χ1) is 11.2. The van der Waals surface area contributed by atoms with Gasteiger partial charge in [-0.15, -0.1) is 0 Å². The van der Waals surface area contributed by atoms with Crippen molar-refractivity contribution in [1.29, 1.82) is 0 Å². The molecular formula is C15H17ClN4O4. The first-order valence-electron chi connectivity index (χ1n) is 7.10. The largest absolute Gasteiger partial charge is 0.496 e. The number of methoxy groups -OCH3 is 1. The van der Waals surface area contributed by atoms with Crippen molar-refractivity contribution in [3.05, 3.63) is 44.7 Å². The zero-order valence-corrected chi connectivity index (χ0v) is 14.4. The Bertz CT molecular complexity index is 803. The first-order valence-corrected chi connectivity index (χ1v) is 7.48. The third-order valence-corrected chi connectivity index (χ3v) is 4.14. The molecule has 24 heavy (non-hydrogen) atoms. The van der Waals surface area contributed by atoms with Crippen molar-refractivity contribution in [3.8, 4) is 5.75 Å². The van der Waals surface area contributed by atoms with Crippen LogP contribution in [-0.4, -0.2) is 27.7 Å². The second-order valence-electron chi connectivity index (χ2n) is 5.27. The van der Waals surface area contributed by atoms with Gasteiger partial charge in [-0.2, -0.15) is 5.10 Å². The molecule has 0 radical (unpaired) electrons. The number of hydrogen-bond acceptors (Lipinski definition) is 5. The summed E-state index contributed by atoms with van der Waals surface area (Å²) in [5.41, 5.74) is 1.40. The summed E-state index contributed by atoms with van der Waals surface area (Å²) in [4.78, 5) is 22.8. The summed E-state index contributed by atoms with van der Waals surface area (Å²) in [7, 11) is 1.39. The third-order valence-electron chi connectivity index (χ3n) is 3.59. The van der Waals surface area contributed by atoms with Gasteiger partial charge in [0, 0.05) is 12.1 Å². The smallest absolute Gasteiger partial charge is 0.275 e. The number of rotatable bonds is 5. The van der Waals surface area contributed by atoms with Gasteiger partial charge in [0.1, 0.15) is 11.8 Å². The van der Waals surface area contributed by atoms with Crippen LogP contribution in [-0.2, 0) is 4.79 Å². The van der Waals surface area contributed by atoms with Gasteiger partial charge in [0.05, 0.1) is 40.2 Å². The normalized spacial score (nSPS) is 11.9. The number of amides is 1. The van der Waals surface area contributed by atoms with Gasteiger partial charge in [0.2, 0.25) is 5.91 Å². The molecule has 1 aromatic heterocycles. The van der Waals surface area contributed by atoms with Crippen molar-refractivity contribution >= 4 is 28.9 Å². The van der Waals surface area contributed by atoms with Gasteiger partial charge >= 0.3 is 0 Å². The SMILES string of the molecule is COc1cc(NC(=O)C(C)n2nc(C)c(Cl)c2C)cc([N+](=O)[O-])c1. The number of hydrogen-bond donors (Lipinski definition) is 1. The predicted molar refractivity (Wildman–Crippen MR) is 89.7 cm³/mol. The molecule has 1 atom stereocenters. The Balaban J connectivity index is 2.27. The molecule has 0 saturated carbocycles. The number of halogens is 1. The lowest BCUT2D eigenvalue weighted by Gasteiger charge is -2.15. The topological polar surface area (TPSA) is 99.3 Å². The highest BCUT2D eigenvalue weighted by Gasteiger charge is 2.21. The molecule has 1 heterocycles. The van der Waals surface area contributed by atoms with Crippen LogP contribution in [0.15, 0.2) is 18.2 Å². The number of nitro benzene ring substituents is 1. The highest BCUT2D eigenvalue weighted by atomic mass is 35.5. The van der Waals surface area contributed by atoms with Gasteiger partial charge in [-0.25, -0.2) is 0 Å². The van der Waals surface area contributed by atoms with Gasteiger partial charge in [-0.3, -0.25) is 19.6 Å². The quantitative estimate of drug-likeness (QED) is 0.657. The number of nitrogens with zero attached hydrogens (tertiary/aromatic N) is 3. The van der Waals surface area contributed by atoms with E-state index in [4.69, 9.17) is 16.3 Å². The Kier molecular flexibility index (Phi) is 5.08. The monoisotopic (exact) mass is 352 g/mol. The van der Waals surface area contributed by atoms with E-state index in [9.17, 15) is 14.9 Å². The van der Waals surface area contributed by atoms with Crippen LogP contribution >= 0.6 is 11.6 Å². The van der Waals surface area contributed by atoms with Crippen molar-refractivity contribution in [1.82, 2.24) is 9.78 Å². The van der Waals surface area contributed by atoms with Crippen LogP contribution in [0.2, 0.25) is 5.02 Å². The Morgan fingerprint density at radius 3 is 2.58 bits per heavy atom. The van der Waals surface area contributed by atoms with Crippen molar-refractivity contribution in [2.45, 2.75) is 26.8 Å². The minimum absolute atomic E-state index is 0.175. The molecule has 0 saturated heterocycles. The highest BCUT2D eigenvalue weighted by Crippen LogP contribution is 2.27. The number of aromatic nitrogens is 2. The number of nitro groups is 1. The van der Waals surface area contributed by atoms with Crippen molar-refractivity contribution in [2.24, 2.45) is 0 Å². The minimum atomic E-state index is -0.638. The number of benzene rings is 1. The average Bonchev–Trinajstić information content (AvgIpc) is 2.81. The van der Waals surface area contributed by atoms with Crippen LogP contribution in [0.4, 0.5) is 11.4 Å². The molecule has 1 N–H and O–H groups in total. The molecule has 0 fully saturated rings. The van der Waals surface area contributed by atoms with Gasteiger partial charge in [0.25, 0.3) is 5.69 Å². The summed E-state index contributed by atoms with van der Waals surface area (Å²) in [6.45, 7) is 5.18. The molecular weight excluding hydrogens is 336 g/mol. The second-order valence-corrected chi connectivity index (χ2v) is 5.65. The number of nitrogens with one attached hydrogen (secondary N) is 1. The summed E-state index contributed by atoms with van der Waals surface area (Å²) in [6.07, 6.45) is 0. The van der Waals surface area contributed by atoms with E-state index >= 15 is 0 Å². The molecule has 9 heteroatoms. The molecule has 1 aromatic carbocycles. The second kappa shape index (κ2) is 6.88. The van der Waals surface area contributed by atoms with E-state index in [1.807, 2.05) is 0 Å². The van der Waals surface area contributed by atoms with E-state index in [0.717, 1.165) is 0 Å². The zero-order valence-electron chi connectivity index (χ0n) is 13.7. The van der Waals surface area contributed by atoms with Gasteiger partial charge in [-0.1, -0.05) is 11.6 Å². The lowest BCUT2D eigenvalue weighted by atomic mass is 10.2. The number of carbonyl (C=O) groups excluding carboxylic acids is 1. The van der Waals surface area contributed by atoms with Crippen LogP contribution in [0.5, 0.6) is 5.75 Å². The Labute approximate surface area is 143 Å². The van der Waals surface area contributed by atoms with Crippen molar-refractivity contribution < 1.29 is 14.5 Å². The Morgan fingerprint density at radius 2 is 2.08 bits per heavy atom. The standard InChI is InChI=1S/C15H17ClN4O4/c1-8-14(16)9(2)19(18-8)10(3)15(21)17-11-5-12(20(22)23)7-13(6-11)24-4/h5-7,10H,1-4H3,(H,17,21). The zero-order chi connectivity index (χ0) is 18.0. The van der Waals surface area contributed by atoms with E-state index in [0.29, 0.717) is 16.4 Å². The van der Waals surface area contributed by atoms with Gasteiger partial charge in [-0.05, 0) is 20.8 Å². The van der Waals surface area contributed by atoms with Gasteiger partial charge in [0.15, 0.2) is 0 Å². The maximum absolute atomic E-state index is 12.4. The predicted octanol–water partition coefficient (Wildman–Crippen LogP) is 3.27. The molecule has 0 aliphatic heterocycles. The molecule has 2 aromatic rings. The fourth-order valence-electron chi connectivity index (χ4n) is 2.26. The lowest BCUT2D eigenvalue weighted by Crippen LogP contribution is -2.25. The Hall–Kier alpha value is -2.61. The van der Waals surface area contributed by atoms with E-state index < -0.39 is 11.0 Å². The molecule has 8 nitrogen and oxygen atoms in total. The number of anilines is 1. The summed E-state index contributed by atoms with van der Waals surface area (Å²) < 4.78 is 6.54. The highest BCUT2D eigenvalue weighted by molar-refractivity contribution is 6.31. The van der Waals surface area contributed by atoms with E-state index in [-0.39, 0.29) is 23.0 Å². The van der Waals surface area contributed by atoms with E-state index in [1.165, 1.54) is 30.0 Å².